The average Bonchev–Trinajstić information content (AvgIpc) is 3.00. The minimum atomic E-state index is -0.349. The molecular weight excluding hydrogens is 384 g/mol. The summed E-state index contributed by atoms with van der Waals surface area (Å²) in [6.07, 6.45) is 0. The summed E-state index contributed by atoms with van der Waals surface area (Å²) in [4.78, 5) is 28.2. The lowest BCUT2D eigenvalue weighted by Gasteiger charge is -2.16. The third-order valence-corrected chi connectivity index (χ3v) is 5.56. The van der Waals surface area contributed by atoms with Crippen LogP contribution in [0.1, 0.15) is 42.0 Å². The predicted octanol–water partition coefficient (Wildman–Crippen LogP) is 5.82. The lowest BCUT2D eigenvalue weighted by atomic mass is 10.0. The summed E-state index contributed by atoms with van der Waals surface area (Å²) in [7, 11) is 0. The van der Waals surface area contributed by atoms with Gasteiger partial charge in [0, 0.05) is 5.69 Å². The van der Waals surface area contributed by atoms with Crippen LogP contribution in [0.2, 0.25) is 0 Å². The molecule has 0 unspecified atom stereocenters. The standard InChI is InChI=1S/C27H26N2O2/c1-17(2)20-11-15-23(16-12-20)29-26(30)24(21-9-5-18(3)6-10-21)25(27(29)31)28-22-13-7-19(4)8-14-22/h5-17,28H,1-4H3. The third kappa shape index (κ3) is 4.02. The number of rotatable bonds is 5. The van der Waals surface area contributed by atoms with E-state index in [-0.39, 0.29) is 11.8 Å². The highest BCUT2D eigenvalue weighted by Crippen LogP contribution is 2.34. The van der Waals surface area contributed by atoms with Crippen molar-refractivity contribution in [3.05, 3.63) is 101 Å². The molecule has 0 atom stereocenters. The number of carbonyl (C=O) groups excluding carboxylic acids is 2. The number of hydrogen-bond donors (Lipinski definition) is 1. The molecule has 4 rings (SSSR count). The van der Waals surface area contributed by atoms with Gasteiger partial charge in [0.2, 0.25) is 0 Å². The van der Waals surface area contributed by atoms with Crippen LogP contribution in [0.25, 0.3) is 5.57 Å². The largest absolute Gasteiger partial charge is 0.350 e. The highest BCUT2D eigenvalue weighted by atomic mass is 16.2. The molecule has 31 heavy (non-hydrogen) atoms. The maximum atomic E-state index is 13.5. The van der Waals surface area contributed by atoms with Crippen molar-refractivity contribution in [1.29, 1.82) is 0 Å². The van der Waals surface area contributed by atoms with E-state index >= 15 is 0 Å². The van der Waals surface area contributed by atoms with Crippen LogP contribution < -0.4 is 10.2 Å². The molecule has 2 amide bonds. The highest BCUT2D eigenvalue weighted by molar-refractivity contribution is 6.46. The zero-order valence-electron chi connectivity index (χ0n) is 18.3. The smallest absolute Gasteiger partial charge is 0.282 e. The van der Waals surface area contributed by atoms with Crippen molar-refractivity contribution in [2.45, 2.75) is 33.6 Å². The van der Waals surface area contributed by atoms with Gasteiger partial charge in [0.1, 0.15) is 5.70 Å². The third-order valence-electron chi connectivity index (χ3n) is 5.56. The fraction of sp³-hybridized carbons (Fsp3) is 0.185. The Labute approximate surface area is 183 Å². The maximum Gasteiger partial charge on any atom is 0.282 e. The Morgan fingerprint density at radius 1 is 0.710 bits per heavy atom. The molecule has 4 nitrogen and oxygen atoms in total. The normalized spacial score (nSPS) is 14.0. The SMILES string of the molecule is Cc1ccc(NC2=C(c3ccc(C)cc3)C(=O)N(c3ccc(C(C)C)cc3)C2=O)cc1. The fourth-order valence-electron chi connectivity index (χ4n) is 3.66. The van der Waals surface area contributed by atoms with Gasteiger partial charge in [-0.15, -0.1) is 0 Å². The van der Waals surface area contributed by atoms with Gasteiger partial charge < -0.3 is 5.32 Å². The van der Waals surface area contributed by atoms with E-state index < -0.39 is 0 Å². The van der Waals surface area contributed by atoms with Crippen molar-refractivity contribution >= 4 is 28.8 Å². The van der Waals surface area contributed by atoms with Crippen LogP contribution in [0.3, 0.4) is 0 Å². The molecule has 1 aliphatic heterocycles. The van der Waals surface area contributed by atoms with E-state index in [1.807, 2.05) is 86.6 Å². The Balaban J connectivity index is 1.77. The van der Waals surface area contributed by atoms with E-state index in [0.717, 1.165) is 27.9 Å². The quantitative estimate of drug-likeness (QED) is 0.539. The summed E-state index contributed by atoms with van der Waals surface area (Å²) in [6.45, 7) is 8.23. The van der Waals surface area contributed by atoms with Crippen molar-refractivity contribution in [2.75, 3.05) is 10.2 Å². The van der Waals surface area contributed by atoms with E-state index in [1.165, 1.54) is 4.90 Å². The summed E-state index contributed by atoms with van der Waals surface area (Å²) < 4.78 is 0. The molecule has 3 aromatic carbocycles. The number of nitrogens with one attached hydrogen (secondary N) is 1. The van der Waals surface area contributed by atoms with Gasteiger partial charge in [-0.2, -0.15) is 0 Å². The Morgan fingerprint density at radius 2 is 1.26 bits per heavy atom. The molecule has 0 bridgehead atoms. The molecule has 1 heterocycles. The van der Waals surface area contributed by atoms with Crippen molar-refractivity contribution < 1.29 is 9.59 Å². The minimum absolute atomic E-state index is 0.297. The van der Waals surface area contributed by atoms with E-state index in [1.54, 1.807) is 0 Å². The number of hydrogen-bond acceptors (Lipinski definition) is 3. The van der Waals surface area contributed by atoms with Crippen LogP contribution >= 0.6 is 0 Å². The molecule has 1 aliphatic rings. The number of imide groups is 1. The summed E-state index contributed by atoms with van der Waals surface area (Å²) in [5.74, 6) is -0.293. The Hall–Kier alpha value is -3.66. The van der Waals surface area contributed by atoms with Gasteiger partial charge in [-0.05, 0) is 55.2 Å². The molecule has 3 aromatic rings. The average molecular weight is 411 g/mol. The number of anilines is 2. The van der Waals surface area contributed by atoms with Gasteiger partial charge in [0.25, 0.3) is 11.8 Å². The Morgan fingerprint density at radius 3 is 1.81 bits per heavy atom. The second-order valence-electron chi connectivity index (χ2n) is 8.30. The zero-order chi connectivity index (χ0) is 22.1. The van der Waals surface area contributed by atoms with Crippen LogP contribution in [0, 0.1) is 13.8 Å². The number of benzene rings is 3. The van der Waals surface area contributed by atoms with Crippen molar-refractivity contribution in [1.82, 2.24) is 0 Å². The zero-order valence-corrected chi connectivity index (χ0v) is 18.3. The van der Waals surface area contributed by atoms with Crippen LogP contribution in [0.4, 0.5) is 11.4 Å². The maximum absolute atomic E-state index is 13.5. The number of aryl methyl sites for hydroxylation is 2. The lowest BCUT2D eigenvalue weighted by molar-refractivity contribution is -0.120. The Bertz CT molecular complexity index is 1160. The topological polar surface area (TPSA) is 49.4 Å². The first kappa shape index (κ1) is 20.6. The minimum Gasteiger partial charge on any atom is -0.350 e. The first-order chi connectivity index (χ1) is 14.8. The van der Waals surface area contributed by atoms with Gasteiger partial charge in [0.05, 0.1) is 11.3 Å². The Kier molecular flexibility index (Phi) is 5.47. The molecule has 1 N–H and O–H groups in total. The molecule has 0 spiro atoms. The molecule has 0 aromatic heterocycles. The van der Waals surface area contributed by atoms with Crippen molar-refractivity contribution in [2.24, 2.45) is 0 Å². The molecule has 0 radical (unpaired) electrons. The molecule has 4 heteroatoms. The summed E-state index contributed by atoms with van der Waals surface area (Å²) in [5, 5.41) is 3.21. The highest BCUT2D eigenvalue weighted by Gasteiger charge is 2.40. The van der Waals surface area contributed by atoms with Gasteiger partial charge in [-0.3, -0.25) is 9.59 Å². The van der Waals surface area contributed by atoms with Gasteiger partial charge in [0.15, 0.2) is 0 Å². The van der Waals surface area contributed by atoms with E-state index in [4.69, 9.17) is 0 Å². The molecule has 0 saturated carbocycles. The summed E-state index contributed by atoms with van der Waals surface area (Å²) >= 11 is 0. The second kappa shape index (κ2) is 8.23. The molecule has 0 saturated heterocycles. The second-order valence-corrected chi connectivity index (χ2v) is 8.30. The predicted molar refractivity (Wildman–Crippen MR) is 126 cm³/mol. The van der Waals surface area contributed by atoms with Crippen LogP contribution in [-0.4, -0.2) is 11.8 Å². The number of amides is 2. The first-order valence-electron chi connectivity index (χ1n) is 10.5. The van der Waals surface area contributed by atoms with Crippen LogP contribution in [0.15, 0.2) is 78.5 Å². The van der Waals surface area contributed by atoms with Crippen LogP contribution in [0.5, 0.6) is 0 Å². The van der Waals surface area contributed by atoms with Crippen LogP contribution in [-0.2, 0) is 9.59 Å². The van der Waals surface area contributed by atoms with Gasteiger partial charge in [-0.25, -0.2) is 4.90 Å². The summed E-state index contributed by atoms with van der Waals surface area (Å²) in [5.41, 5.74) is 6.12. The fourth-order valence-corrected chi connectivity index (χ4v) is 3.66. The number of carbonyl (C=O) groups is 2. The first-order valence-corrected chi connectivity index (χ1v) is 10.5. The molecule has 156 valence electrons. The van der Waals surface area contributed by atoms with Crippen molar-refractivity contribution in [3.8, 4) is 0 Å². The van der Waals surface area contributed by atoms with Crippen molar-refractivity contribution in [3.63, 3.8) is 0 Å². The van der Waals surface area contributed by atoms with E-state index in [0.29, 0.717) is 22.9 Å². The van der Waals surface area contributed by atoms with E-state index in [2.05, 4.69) is 19.2 Å². The summed E-state index contributed by atoms with van der Waals surface area (Å²) in [6, 6.07) is 23.0. The molecular formula is C27H26N2O2. The molecule has 0 aliphatic carbocycles. The van der Waals surface area contributed by atoms with E-state index in [9.17, 15) is 9.59 Å². The monoisotopic (exact) mass is 410 g/mol. The van der Waals surface area contributed by atoms with Gasteiger partial charge in [-0.1, -0.05) is 73.5 Å². The lowest BCUT2D eigenvalue weighted by Crippen LogP contribution is -2.32. The molecule has 0 fully saturated rings. The van der Waals surface area contributed by atoms with Gasteiger partial charge >= 0.3 is 0 Å². The number of nitrogens with zero attached hydrogens (tertiary/aromatic N) is 1.